The Morgan fingerprint density at radius 1 is 1.18 bits per heavy atom. The Morgan fingerprint density at radius 3 is 2.64 bits per heavy atom. The molecular formula is C5HBr2N3O. The van der Waals surface area contributed by atoms with Gasteiger partial charge in [0.15, 0.2) is 11.0 Å². The van der Waals surface area contributed by atoms with Gasteiger partial charge in [-0.05, 0) is 42.2 Å². The van der Waals surface area contributed by atoms with Crippen LogP contribution in [-0.4, -0.2) is 15.3 Å². The van der Waals surface area contributed by atoms with E-state index in [0.717, 1.165) is 4.47 Å². The first-order chi connectivity index (χ1) is 5.29. The van der Waals surface area contributed by atoms with Crippen molar-refractivity contribution in [3.05, 3.63) is 15.3 Å². The molecule has 11 heavy (non-hydrogen) atoms. The summed E-state index contributed by atoms with van der Waals surface area (Å²) in [4.78, 5) is 3.99. The fourth-order valence-electron chi connectivity index (χ4n) is 0.716. The Bertz CT molecular complexity index is 364. The first kappa shape index (κ1) is 7.17. The Labute approximate surface area is 78.2 Å². The minimum atomic E-state index is 0.624. The van der Waals surface area contributed by atoms with Gasteiger partial charge < -0.3 is 0 Å². The van der Waals surface area contributed by atoms with Crippen LogP contribution in [0.15, 0.2) is 19.9 Å². The second-order valence-corrected chi connectivity index (χ2v) is 3.46. The van der Waals surface area contributed by atoms with Crippen molar-refractivity contribution >= 4 is 42.9 Å². The largest absolute Gasteiger partial charge is 0.246 e. The zero-order valence-electron chi connectivity index (χ0n) is 5.08. The maximum absolute atomic E-state index is 4.53. The summed E-state index contributed by atoms with van der Waals surface area (Å²) in [6, 6.07) is 0. The Kier molecular flexibility index (Phi) is 1.65. The minimum Gasteiger partial charge on any atom is -0.246 e. The maximum atomic E-state index is 4.53. The van der Waals surface area contributed by atoms with Crippen LogP contribution in [0.25, 0.3) is 11.0 Å². The van der Waals surface area contributed by atoms with Crippen LogP contribution in [-0.2, 0) is 0 Å². The van der Waals surface area contributed by atoms with Crippen LogP contribution >= 0.6 is 31.9 Å². The zero-order chi connectivity index (χ0) is 7.84. The molecule has 4 nitrogen and oxygen atoms in total. The maximum Gasteiger partial charge on any atom is 0.169 e. The molecule has 0 aliphatic rings. The molecule has 0 aliphatic carbocycles. The van der Waals surface area contributed by atoms with Crippen molar-refractivity contribution in [1.82, 2.24) is 15.3 Å². The molecule has 0 fully saturated rings. The topological polar surface area (TPSA) is 51.8 Å². The summed E-state index contributed by atoms with van der Waals surface area (Å²) in [6.45, 7) is 0. The number of aromatic nitrogens is 3. The predicted molar refractivity (Wildman–Crippen MR) is 45.0 cm³/mol. The third-order valence-corrected chi connectivity index (χ3v) is 2.36. The molecule has 0 N–H and O–H groups in total. The van der Waals surface area contributed by atoms with E-state index in [-0.39, 0.29) is 0 Å². The monoisotopic (exact) mass is 277 g/mol. The highest BCUT2D eigenvalue weighted by molar-refractivity contribution is 9.11. The molecule has 6 heteroatoms. The third-order valence-electron chi connectivity index (χ3n) is 1.20. The van der Waals surface area contributed by atoms with Crippen LogP contribution in [0.3, 0.4) is 0 Å². The summed E-state index contributed by atoms with van der Waals surface area (Å²) >= 11 is 6.48. The highest BCUT2D eigenvalue weighted by atomic mass is 79.9. The van der Waals surface area contributed by atoms with Crippen molar-refractivity contribution in [3.8, 4) is 0 Å². The smallest absolute Gasteiger partial charge is 0.169 e. The van der Waals surface area contributed by atoms with E-state index in [1.165, 1.54) is 0 Å². The van der Waals surface area contributed by atoms with Gasteiger partial charge in [-0.1, -0.05) is 0 Å². The second-order valence-electron chi connectivity index (χ2n) is 1.86. The van der Waals surface area contributed by atoms with Crippen molar-refractivity contribution in [3.63, 3.8) is 0 Å². The molecule has 0 aliphatic heterocycles. The molecule has 2 heterocycles. The average Bonchev–Trinajstić information content (AvgIpc) is 2.45. The van der Waals surface area contributed by atoms with Crippen molar-refractivity contribution < 1.29 is 4.63 Å². The number of nitrogens with zero attached hydrogens (tertiary/aromatic N) is 3. The molecule has 0 amide bonds. The second kappa shape index (κ2) is 2.53. The van der Waals surface area contributed by atoms with Gasteiger partial charge in [-0.3, -0.25) is 0 Å². The molecule has 0 atom stereocenters. The van der Waals surface area contributed by atoms with Gasteiger partial charge >= 0.3 is 0 Å². The third kappa shape index (κ3) is 1.06. The fraction of sp³-hybridized carbons (Fsp3) is 0. The van der Waals surface area contributed by atoms with Gasteiger partial charge in [0.25, 0.3) is 0 Å². The SMILES string of the molecule is Brc1cnc(Br)c2nonc12. The lowest BCUT2D eigenvalue weighted by Crippen LogP contribution is -1.78. The molecule has 0 radical (unpaired) electrons. The van der Waals surface area contributed by atoms with Crippen molar-refractivity contribution in [1.29, 1.82) is 0 Å². The molecule has 0 aromatic carbocycles. The number of hydrogen-bond acceptors (Lipinski definition) is 4. The zero-order valence-corrected chi connectivity index (χ0v) is 8.26. The van der Waals surface area contributed by atoms with Gasteiger partial charge in [0, 0.05) is 6.20 Å². The molecule has 2 aromatic rings. The highest BCUT2D eigenvalue weighted by Crippen LogP contribution is 2.24. The van der Waals surface area contributed by atoms with Crippen LogP contribution in [0.2, 0.25) is 0 Å². The van der Waals surface area contributed by atoms with Crippen molar-refractivity contribution in [2.45, 2.75) is 0 Å². The van der Waals surface area contributed by atoms with Crippen molar-refractivity contribution in [2.24, 2.45) is 0 Å². The Hall–Kier alpha value is -0.490. The molecule has 56 valence electrons. The molecular weight excluding hydrogens is 278 g/mol. The summed E-state index contributed by atoms with van der Waals surface area (Å²) in [5.41, 5.74) is 1.30. The highest BCUT2D eigenvalue weighted by Gasteiger charge is 2.08. The number of hydrogen-bond donors (Lipinski definition) is 0. The van der Waals surface area contributed by atoms with Crippen molar-refractivity contribution in [2.75, 3.05) is 0 Å². The Morgan fingerprint density at radius 2 is 1.91 bits per heavy atom. The van der Waals surface area contributed by atoms with Crippen LogP contribution < -0.4 is 0 Å². The van der Waals surface area contributed by atoms with Crippen LogP contribution in [0.5, 0.6) is 0 Å². The van der Waals surface area contributed by atoms with Gasteiger partial charge in [-0.15, -0.1) is 0 Å². The quantitative estimate of drug-likeness (QED) is 0.693. The van der Waals surface area contributed by atoms with Crippen LogP contribution in [0, 0.1) is 0 Å². The molecule has 0 saturated carbocycles. The average molecular weight is 279 g/mol. The molecule has 0 bridgehead atoms. The van der Waals surface area contributed by atoms with Gasteiger partial charge in [0.1, 0.15) is 4.60 Å². The van der Waals surface area contributed by atoms with E-state index in [9.17, 15) is 0 Å². The molecule has 0 saturated heterocycles. The van der Waals surface area contributed by atoms with Gasteiger partial charge in [0.05, 0.1) is 4.47 Å². The number of halogens is 2. The van der Waals surface area contributed by atoms with E-state index in [4.69, 9.17) is 0 Å². The van der Waals surface area contributed by atoms with Gasteiger partial charge in [-0.2, -0.15) is 0 Å². The predicted octanol–water partition coefficient (Wildman–Crippen LogP) is 2.14. The standard InChI is InChI=1S/C5HBr2N3O/c6-2-1-8-5(7)4-3(2)9-11-10-4/h1H. The summed E-state index contributed by atoms with van der Waals surface area (Å²) < 4.78 is 5.94. The van der Waals surface area contributed by atoms with E-state index in [0.29, 0.717) is 15.6 Å². The number of rotatable bonds is 0. The van der Waals surface area contributed by atoms with Gasteiger partial charge in [0.2, 0.25) is 0 Å². The van der Waals surface area contributed by atoms with E-state index in [2.05, 4.69) is 51.8 Å². The lowest BCUT2D eigenvalue weighted by molar-refractivity contribution is 0.315. The van der Waals surface area contributed by atoms with Gasteiger partial charge in [-0.25, -0.2) is 9.61 Å². The van der Waals surface area contributed by atoms with E-state index >= 15 is 0 Å². The fourth-order valence-corrected chi connectivity index (χ4v) is 1.44. The normalized spacial score (nSPS) is 10.7. The summed E-state index contributed by atoms with van der Waals surface area (Å²) in [5.74, 6) is 0. The first-order valence-electron chi connectivity index (χ1n) is 2.71. The molecule has 0 unspecified atom stereocenters. The van der Waals surface area contributed by atoms with E-state index in [1.54, 1.807) is 6.20 Å². The van der Waals surface area contributed by atoms with Crippen LogP contribution in [0.1, 0.15) is 0 Å². The molecule has 2 aromatic heterocycles. The van der Waals surface area contributed by atoms with Crippen LogP contribution in [0.4, 0.5) is 0 Å². The molecule has 0 spiro atoms. The number of fused-ring (bicyclic) bond motifs is 1. The number of pyridine rings is 1. The lowest BCUT2D eigenvalue weighted by atomic mass is 10.4. The minimum absolute atomic E-state index is 0.624. The first-order valence-corrected chi connectivity index (χ1v) is 4.30. The molecule has 2 rings (SSSR count). The lowest BCUT2D eigenvalue weighted by Gasteiger charge is -1.89. The van der Waals surface area contributed by atoms with E-state index in [1.807, 2.05) is 0 Å². The summed E-state index contributed by atoms with van der Waals surface area (Å²) in [6.07, 6.45) is 1.64. The summed E-state index contributed by atoms with van der Waals surface area (Å²) in [7, 11) is 0. The summed E-state index contributed by atoms with van der Waals surface area (Å²) in [5, 5.41) is 7.33. The van der Waals surface area contributed by atoms with E-state index < -0.39 is 0 Å². The Balaban J connectivity index is 2.96.